The lowest BCUT2D eigenvalue weighted by Gasteiger charge is -2.37. The van der Waals surface area contributed by atoms with Crippen LogP contribution in [0.4, 0.5) is 0 Å². The maximum atomic E-state index is 3.85. The largest absolute Gasteiger partial charge is 0.313 e. The maximum absolute atomic E-state index is 3.85. The van der Waals surface area contributed by atoms with E-state index in [1.54, 1.807) is 0 Å². The topological polar surface area (TPSA) is 12.0 Å². The zero-order valence-electron chi connectivity index (χ0n) is 11.4. The van der Waals surface area contributed by atoms with Crippen LogP contribution < -0.4 is 5.32 Å². The van der Waals surface area contributed by atoms with Gasteiger partial charge in [0.15, 0.2) is 0 Å². The molecule has 3 aliphatic carbocycles. The first kappa shape index (κ1) is 12.4. The molecule has 0 amide bonds. The summed E-state index contributed by atoms with van der Waals surface area (Å²) >= 11 is 3.51. The molecule has 0 radical (unpaired) electrons. The van der Waals surface area contributed by atoms with E-state index < -0.39 is 0 Å². The van der Waals surface area contributed by atoms with Crippen LogP contribution >= 0.6 is 15.9 Å². The van der Waals surface area contributed by atoms with Gasteiger partial charge in [0.25, 0.3) is 0 Å². The van der Waals surface area contributed by atoms with Crippen LogP contribution in [-0.4, -0.2) is 12.6 Å². The van der Waals surface area contributed by atoms with Crippen LogP contribution in [0.5, 0.6) is 0 Å². The van der Waals surface area contributed by atoms with E-state index in [9.17, 15) is 0 Å². The third kappa shape index (κ3) is 2.50. The Kier molecular flexibility index (Phi) is 3.00. The molecular weight excluding hydrogens is 298 g/mol. The molecule has 1 aromatic carbocycles. The summed E-state index contributed by atoms with van der Waals surface area (Å²) in [6.07, 6.45) is 8.67. The van der Waals surface area contributed by atoms with Crippen molar-refractivity contribution in [2.24, 2.45) is 11.3 Å². The first-order chi connectivity index (χ1) is 9.25. The number of hydrogen-bond acceptors (Lipinski definition) is 1. The van der Waals surface area contributed by atoms with Crippen LogP contribution in [0.25, 0.3) is 0 Å². The lowest BCUT2D eigenvalue weighted by molar-refractivity contribution is 0.262. The Bertz CT molecular complexity index is 453. The Morgan fingerprint density at radius 1 is 1.11 bits per heavy atom. The minimum Gasteiger partial charge on any atom is -0.313 e. The molecule has 1 aromatic rings. The van der Waals surface area contributed by atoms with E-state index in [1.165, 1.54) is 55.1 Å². The monoisotopic (exact) mass is 319 g/mol. The van der Waals surface area contributed by atoms with Crippen LogP contribution in [0.3, 0.4) is 0 Å². The molecule has 2 heteroatoms. The fourth-order valence-electron chi connectivity index (χ4n) is 3.72. The SMILES string of the molecule is Brc1ccc(C2CC(NCC3(C4CC4)CC3)C2)cc1. The molecule has 102 valence electrons. The summed E-state index contributed by atoms with van der Waals surface area (Å²) in [4.78, 5) is 0. The smallest absolute Gasteiger partial charge is 0.0175 e. The molecule has 3 aliphatic rings. The third-order valence-corrected chi connectivity index (χ3v) is 6.09. The van der Waals surface area contributed by atoms with Crippen molar-refractivity contribution in [3.8, 4) is 0 Å². The van der Waals surface area contributed by atoms with Crippen molar-refractivity contribution in [3.63, 3.8) is 0 Å². The predicted molar refractivity (Wildman–Crippen MR) is 82.3 cm³/mol. The molecule has 0 heterocycles. The molecule has 3 saturated carbocycles. The van der Waals surface area contributed by atoms with Gasteiger partial charge in [0.05, 0.1) is 0 Å². The quantitative estimate of drug-likeness (QED) is 0.844. The Morgan fingerprint density at radius 3 is 2.37 bits per heavy atom. The zero-order valence-corrected chi connectivity index (χ0v) is 13.0. The van der Waals surface area contributed by atoms with Gasteiger partial charge in [-0.3, -0.25) is 0 Å². The van der Waals surface area contributed by atoms with E-state index in [1.807, 2.05) is 0 Å². The average Bonchev–Trinajstić information content (AvgIpc) is 3.23. The molecule has 4 rings (SSSR count). The van der Waals surface area contributed by atoms with Gasteiger partial charge in [-0.15, -0.1) is 0 Å². The van der Waals surface area contributed by atoms with E-state index in [4.69, 9.17) is 0 Å². The van der Waals surface area contributed by atoms with Crippen LogP contribution in [0.1, 0.15) is 50.0 Å². The van der Waals surface area contributed by atoms with Crippen LogP contribution in [-0.2, 0) is 0 Å². The number of nitrogens with one attached hydrogen (secondary N) is 1. The summed E-state index contributed by atoms with van der Waals surface area (Å²) in [7, 11) is 0. The standard InChI is InChI=1S/C17H22BrN/c18-15-5-1-12(2-6-15)13-9-16(10-13)19-11-17(7-8-17)14-3-4-14/h1-2,5-6,13-14,16,19H,3-4,7-11H2. The molecule has 1 N–H and O–H groups in total. The second-order valence-corrected chi connectivity index (χ2v) is 7.85. The number of hydrogen-bond donors (Lipinski definition) is 1. The van der Waals surface area contributed by atoms with Gasteiger partial charge in [0.2, 0.25) is 0 Å². The highest BCUT2D eigenvalue weighted by atomic mass is 79.9. The van der Waals surface area contributed by atoms with Crippen LogP contribution in [0.2, 0.25) is 0 Å². The summed E-state index contributed by atoms with van der Waals surface area (Å²) in [6, 6.07) is 9.67. The van der Waals surface area contributed by atoms with Gasteiger partial charge in [-0.2, -0.15) is 0 Å². The minimum absolute atomic E-state index is 0.753. The second-order valence-electron chi connectivity index (χ2n) is 6.93. The van der Waals surface area contributed by atoms with Gasteiger partial charge >= 0.3 is 0 Å². The summed E-state index contributed by atoms with van der Waals surface area (Å²) < 4.78 is 1.19. The van der Waals surface area contributed by atoms with Gasteiger partial charge in [-0.1, -0.05) is 28.1 Å². The fraction of sp³-hybridized carbons (Fsp3) is 0.647. The van der Waals surface area contributed by atoms with Gasteiger partial charge < -0.3 is 5.32 Å². The van der Waals surface area contributed by atoms with Gasteiger partial charge in [-0.25, -0.2) is 0 Å². The van der Waals surface area contributed by atoms with Gasteiger partial charge in [0.1, 0.15) is 0 Å². The highest BCUT2D eigenvalue weighted by Gasteiger charge is 2.53. The first-order valence-electron chi connectivity index (χ1n) is 7.74. The van der Waals surface area contributed by atoms with E-state index in [0.29, 0.717) is 0 Å². The lowest BCUT2D eigenvalue weighted by atomic mass is 9.75. The molecule has 0 unspecified atom stereocenters. The van der Waals surface area contributed by atoms with E-state index in [-0.39, 0.29) is 0 Å². The summed E-state index contributed by atoms with van der Waals surface area (Å²) in [5.74, 6) is 1.88. The summed E-state index contributed by atoms with van der Waals surface area (Å²) in [6.45, 7) is 1.30. The van der Waals surface area contributed by atoms with Crippen molar-refractivity contribution < 1.29 is 0 Å². The fourth-order valence-corrected chi connectivity index (χ4v) is 3.99. The highest BCUT2D eigenvalue weighted by molar-refractivity contribution is 9.10. The first-order valence-corrected chi connectivity index (χ1v) is 8.53. The molecule has 19 heavy (non-hydrogen) atoms. The molecular formula is C17H22BrN. The van der Waals surface area contributed by atoms with Crippen molar-refractivity contribution in [1.29, 1.82) is 0 Å². The molecule has 0 bridgehead atoms. The normalized spacial score (nSPS) is 31.8. The molecule has 0 spiro atoms. The number of rotatable bonds is 5. The molecule has 3 fully saturated rings. The molecule has 1 nitrogen and oxygen atoms in total. The average molecular weight is 320 g/mol. The molecule has 0 aromatic heterocycles. The Balaban J connectivity index is 1.25. The van der Waals surface area contributed by atoms with E-state index >= 15 is 0 Å². The van der Waals surface area contributed by atoms with Crippen LogP contribution in [0.15, 0.2) is 28.7 Å². The Hall–Kier alpha value is -0.340. The highest BCUT2D eigenvalue weighted by Crippen LogP contribution is 2.61. The lowest BCUT2D eigenvalue weighted by Crippen LogP contribution is -2.43. The van der Waals surface area contributed by atoms with Crippen molar-refractivity contribution >= 4 is 15.9 Å². The molecule has 0 aliphatic heterocycles. The van der Waals surface area contributed by atoms with Crippen LogP contribution in [0, 0.1) is 11.3 Å². The van der Waals surface area contributed by atoms with E-state index in [2.05, 4.69) is 45.5 Å². The zero-order chi connectivity index (χ0) is 12.9. The van der Waals surface area contributed by atoms with Crippen molar-refractivity contribution in [2.45, 2.75) is 50.5 Å². The third-order valence-electron chi connectivity index (χ3n) is 5.56. The Morgan fingerprint density at radius 2 is 1.79 bits per heavy atom. The molecule has 0 saturated heterocycles. The number of benzene rings is 1. The number of halogens is 1. The van der Waals surface area contributed by atoms with Crippen molar-refractivity contribution in [2.75, 3.05) is 6.54 Å². The predicted octanol–water partition coefficient (Wildman–Crippen LogP) is 4.47. The minimum atomic E-state index is 0.753. The van der Waals surface area contributed by atoms with Gasteiger partial charge in [-0.05, 0) is 73.5 Å². The molecule has 0 atom stereocenters. The van der Waals surface area contributed by atoms with Crippen molar-refractivity contribution in [1.82, 2.24) is 5.32 Å². The van der Waals surface area contributed by atoms with E-state index in [0.717, 1.165) is 23.3 Å². The summed E-state index contributed by atoms with van der Waals surface area (Å²) in [5.41, 5.74) is 2.27. The Labute approximate surface area is 124 Å². The van der Waals surface area contributed by atoms with Crippen molar-refractivity contribution in [3.05, 3.63) is 34.3 Å². The van der Waals surface area contributed by atoms with Gasteiger partial charge in [0, 0.05) is 17.1 Å². The maximum Gasteiger partial charge on any atom is 0.0175 e. The summed E-state index contributed by atoms with van der Waals surface area (Å²) in [5, 5.41) is 3.85. The second kappa shape index (κ2) is 4.60.